The van der Waals surface area contributed by atoms with E-state index in [9.17, 15) is 34.2 Å². The van der Waals surface area contributed by atoms with Crippen molar-refractivity contribution >= 4 is 29.0 Å². The van der Waals surface area contributed by atoms with Gasteiger partial charge in [-0.2, -0.15) is 0 Å². The van der Waals surface area contributed by atoms with Crippen LogP contribution in [0.5, 0.6) is 5.75 Å². The summed E-state index contributed by atoms with van der Waals surface area (Å²) in [6.45, 7) is 1.33. The largest absolute Gasteiger partial charge is 0.507 e. The molecule has 6 N–H and O–H groups in total. The number of carbonyl (C=O) groups is 5. The number of Topliss-reactive ketones (excluding diaryl/α,β-unsaturated/α-hetero) is 4. The number of hydrogen-bond donors (Lipinski definition) is 5. The first-order valence-electron chi connectivity index (χ1n) is 14.6. The van der Waals surface area contributed by atoms with E-state index in [4.69, 9.17) is 5.73 Å². The predicted octanol–water partition coefficient (Wildman–Crippen LogP) is 1.15. The van der Waals surface area contributed by atoms with Gasteiger partial charge in [-0.25, -0.2) is 0 Å². The summed E-state index contributed by atoms with van der Waals surface area (Å²) in [6.07, 6.45) is 2.08. The van der Waals surface area contributed by atoms with Crippen LogP contribution in [0, 0.1) is 23.7 Å². The van der Waals surface area contributed by atoms with Gasteiger partial charge in [0.15, 0.2) is 34.7 Å². The molecule has 1 aromatic heterocycles. The maximum absolute atomic E-state index is 14.0. The fourth-order valence-corrected chi connectivity index (χ4v) is 7.50. The Bertz CT molecular complexity index is 1680. The Morgan fingerprint density at radius 1 is 1.05 bits per heavy atom. The van der Waals surface area contributed by atoms with Gasteiger partial charge in [-0.05, 0) is 73.3 Å². The van der Waals surface area contributed by atoms with Crippen molar-refractivity contribution in [3.8, 4) is 16.9 Å². The van der Waals surface area contributed by atoms with Crippen molar-refractivity contribution in [3.05, 3.63) is 77.1 Å². The van der Waals surface area contributed by atoms with Crippen LogP contribution in [-0.4, -0.2) is 74.9 Å². The SMILES string of the molecule is CN(C)[C@@H]1C(=O)C(C(N)=O)C(=O)[C@@]2(O)C(=O)C3C(=O)c4c(O)ccc(-c5ccc(CNCc6ccc[nH]6)cc5)c4C[C@H]3C[C@@H]12. The summed E-state index contributed by atoms with van der Waals surface area (Å²) in [5.41, 5.74) is 6.85. The molecule has 2 unspecified atom stereocenters. The minimum absolute atomic E-state index is 0.00438. The Morgan fingerprint density at radius 3 is 2.41 bits per heavy atom. The zero-order chi connectivity index (χ0) is 31.5. The van der Waals surface area contributed by atoms with Crippen LogP contribution in [0.25, 0.3) is 11.1 Å². The third kappa shape index (κ3) is 4.50. The van der Waals surface area contributed by atoms with Crippen LogP contribution in [0.3, 0.4) is 0 Å². The number of nitrogens with zero attached hydrogens (tertiary/aromatic N) is 1. The van der Waals surface area contributed by atoms with E-state index in [-0.39, 0.29) is 24.2 Å². The number of likely N-dealkylation sites (N-methyl/N-ethyl adjacent to an activating group) is 1. The number of carbonyl (C=O) groups excluding carboxylic acids is 5. The van der Waals surface area contributed by atoms with Crippen molar-refractivity contribution in [1.82, 2.24) is 15.2 Å². The topological polar surface area (TPSA) is 183 Å². The fraction of sp³-hybridized carbons (Fsp3) is 0.364. The number of aliphatic hydroxyl groups is 1. The van der Waals surface area contributed by atoms with Crippen LogP contribution >= 0.6 is 0 Å². The molecule has 0 radical (unpaired) electrons. The van der Waals surface area contributed by atoms with E-state index < -0.39 is 64.4 Å². The third-order valence-corrected chi connectivity index (χ3v) is 9.52. The Morgan fingerprint density at radius 2 is 1.77 bits per heavy atom. The third-order valence-electron chi connectivity index (χ3n) is 9.52. The number of nitrogens with two attached hydrogens (primary N) is 1. The number of aromatic amines is 1. The summed E-state index contributed by atoms with van der Waals surface area (Å²) in [5, 5.41) is 25.9. The van der Waals surface area contributed by atoms with E-state index >= 15 is 0 Å². The van der Waals surface area contributed by atoms with E-state index in [0.717, 1.165) is 22.4 Å². The maximum Gasteiger partial charge on any atom is 0.235 e. The average Bonchev–Trinajstić information content (AvgIpc) is 3.49. The predicted molar refractivity (Wildman–Crippen MR) is 158 cm³/mol. The number of amides is 1. The van der Waals surface area contributed by atoms with Crippen molar-refractivity contribution in [2.45, 2.75) is 37.6 Å². The molecule has 2 saturated carbocycles. The number of phenols is 1. The lowest BCUT2D eigenvalue weighted by Gasteiger charge is -2.52. The number of ketones is 4. The summed E-state index contributed by atoms with van der Waals surface area (Å²) in [6, 6.07) is 13.8. The minimum atomic E-state index is -2.74. The molecule has 1 amide bonds. The Labute approximate surface area is 253 Å². The average molecular weight is 599 g/mol. The Kier molecular flexibility index (Phi) is 7.35. The summed E-state index contributed by atoms with van der Waals surface area (Å²) in [7, 11) is 3.12. The van der Waals surface area contributed by atoms with Crippen molar-refractivity contribution in [1.29, 1.82) is 0 Å². The van der Waals surface area contributed by atoms with Crippen LogP contribution in [-0.2, 0) is 38.7 Å². The van der Waals surface area contributed by atoms with Crippen LogP contribution < -0.4 is 11.1 Å². The molecule has 3 aliphatic rings. The second kappa shape index (κ2) is 10.9. The fourth-order valence-electron chi connectivity index (χ4n) is 7.50. The van der Waals surface area contributed by atoms with Crippen molar-refractivity contribution < 1.29 is 34.2 Å². The molecule has 11 nitrogen and oxygen atoms in total. The molecule has 2 aromatic carbocycles. The van der Waals surface area contributed by atoms with E-state index in [1.165, 1.54) is 11.0 Å². The molecule has 0 spiro atoms. The van der Waals surface area contributed by atoms with Crippen LogP contribution in [0.2, 0.25) is 0 Å². The summed E-state index contributed by atoms with van der Waals surface area (Å²) in [5.74, 6) is -10.6. The number of hydrogen-bond acceptors (Lipinski definition) is 9. The molecule has 6 atom stereocenters. The smallest absolute Gasteiger partial charge is 0.235 e. The molecule has 0 aliphatic heterocycles. The Hall–Kier alpha value is -4.45. The molecule has 0 bridgehead atoms. The quantitative estimate of drug-likeness (QED) is 0.249. The highest BCUT2D eigenvalue weighted by Gasteiger charge is 2.69. The van der Waals surface area contributed by atoms with Gasteiger partial charge < -0.3 is 26.2 Å². The zero-order valence-corrected chi connectivity index (χ0v) is 24.4. The second-order valence-electron chi connectivity index (χ2n) is 12.3. The van der Waals surface area contributed by atoms with Crippen LogP contribution in [0.15, 0.2) is 54.7 Å². The number of H-pyrrole nitrogens is 1. The van der Waals surface area contributed by atoms with E-state index in [2.05, 4.69) is 10.3 Å². The second-order valence-corrected chi connectivity index (χ2v) is 12.3. The summed E-state index contributed by atoms with van der Waals surface area (Å²) >= 11 is 0. The maximum atomic E-state index is 14.0. The zero-order valence-electron chi connectivity index (χ0n) is 24.4. The van der Waals surface area contributed by atoms with Gasteiger partial charge in [0.05, 0.1) is 17.5 Å². The first kappa shape index (κ1) is 29.6. The number of aromatic hydroxyl groups is 1. The monoisotopic (exact) mass is 598 g/mol. The molecule has 3 aromatic rings. The molecule has 11 heteroatoms. The number of rotatable bonds is 7. The van der Waals surface area contributed by atoms with Crippen molar-refractivity contribution in [3.63, 3.8) is 0 Å². The summed E-state index contributed by atoms with van der Waals surface area (Å²) < 4.78 is 0. The van der Waals surface area contributed by atoms with Gasteiger partial charge >= 0.3 is 0 Å². The van der Waals surface area contributed by atoms with E-state index in [0.29, 0.717) is 18.7 Å². The van der Waals surface area contributed by atoms with Gasteiger partial charge in [0, 0.05) is 30.9 Å². The molecule has 6 rings (SSSR count). The highest BCUT2D eigenvalue weighted by Crippen LogP contribution is 2.51. The van der Waals surface area contributed by atoms with Gasteiger partial charge in [0.25, 0.3) is 0 Å². The van der Waals surface area contributed by atoms with Crippen molar-refractivity contribution in [2.75, 3.05) is 14.1 Å². The molecular formula is C33H34N4O7. The first-order valence-corrected chi connectivity index (χ1v) is 14.6. The first-order chi connectivity index (χ1) is 20.9. The molecule has 2 fully saturated rings. The van der Waals surface area contributed by atoms with E-state index in [1.54, 1.807) is 20.2 Å². The highest BCUT2D eigenvalue weighted by molar-refractivity contribution is 6.32. The lowest BCUT2D eigenvalue weighted by Crippen LogP contribution is -2.74. The number of fused-ring (bicyclic) bond motifs is 3. The van der Waals surface area contributed by atoms with Gasteiger partial charge in [0.1, 0.15) is 5.75 Å². The molecule has 44 heavy (non-hydrogen) atoms. The van der Waals surface area contributed by atoms with Gasteiger partial charge in [0.2, 0.25) is 5.91 Å². The lowest BCUT2D eigenvalue weighted by molar-refractivity contribution is -0.181. The van der Waals surface area contributed by atoms with Crippen LogP contribution in [0.4, 0.5) is 0 Å². The standard InChI is InChI=1S/C33H34N4O7/c1-37(2)27-22-13-18-12-21-20(17-7-5-16(6-8-17)14-35-15-19-4-3-11-36-19)9-10-23(38)25(21)28(39)24(18)30(41)33(22,44)31(42)26(29(27)40)32(34)43/h3-11,18,22,24,26-27,35-36,38,44H,12-15H2,1-2H3,(H2,34,43)/t18-,22-,24?,26?,27-,33-/m0/s1. The molecule has 1 heterocycles. The number of aromatic nitrogens is 1. The van der Waals surface area contributed by atoms with Gasteiger partial charge in [-0.1, -0.05) is 30.3 Å². The van der Waals surface area contributed by atoms with Gasteiger partial charge in [-0.15, -0.1) is 0 Å². The molecule has 3 aliphatic carbocycles. The van der Waals surface area contributed by atoms with Gasteiger partial charge in [-0.3, -0.25) is 28.9 Å². The van der Waals surface area contributed by atoms with Crippen molar-refractivity contribution in [2.24, 2.45) is 29.4 Å². The van der Waals surface area contributed by atoms with E-state index in [1.807, 2.05) is 42.6 Å². The Balaban J connectivity index is 1.34. The van der Waals surface area contributed by atoms with Crippen LogP contribution in [0.1, 0.15) is 33.6 Å². The number of nitrogens with one attached hydrogen (secondary N) is 2. The normalized spacial score (nSPS) is 28.0. The molecule has 0 saturated heterocycles. The summed E-state index contributed by atoms with van der Waals surface area (Å²) in [4.78, 5) is 71.4. The lowest BCUT2D eigenvalue weighted by atomic mass is 9.52. The number of primary amides is 1. The highest BCUT2D eigenvalue weighted by atomic mass is 16.3. The number of benzene rings is 2. The molecular weight excluding hydrogens is 564 g/mol. The number of phenolic OH excluding ortho intramolecular Hbond substituents is 1. The minimum Gasteiger partial charge on any atom is -0.507 e. The molecule has 228 valence electrons.